The quantitative estimate of drug-likeness (QED) is 0.565. The third-order valence-electron chi connectivity index (χ3n) is 5.51. The van der Waals surface area contributed by atoms with Crippen LogP contribution in [0.3, 0.4) is 0 Å². The molecule has 150 valence electrons. The van der Waals surface area contributed by atoms with Crippen molar-refractivity contribution in [3.05, 3.63) is 94.6 Å². The Balaban J connectivity index is 1.81. The standard InChI is InChI=1S/C27H30O2/c1-26(2,3)20-14-10-18(11-15-20)24(28)22-8-7-9-23(22)25(29)19-12-16-21(17-13-19)27(4,5)6/h7-17,22H,1-6H3. The fourth-order valence-electron chi connectivity index (χ4n) is 3.53. The number of Topliss-reactive ketones (excluding diaryl/α,β-unsaturated/α-hetero) is 2. The van der Waals surface area contributed by atoms with E-state index < -0.39 is 5.92 Å². The van der Waals surface area contributed by atoms with Crippen molar-refractivity contribution in [2.45, 2.75) is 52.4 Å². The first-order valence-electron chi connectivity index (χ1n) is 10.2. The second kappa shape index (κ2) is 7.59. The lowest BCUT2D eigenvalue weighted by atomic mass is 9.84. The fourth-order valence-corrected chi connectivity index (χ4v) is 3.53. The summed E-state index contributed by atoms with van der Waals surface area (Å²) in [6.07, 6.45) is 5.39. The van der Waals surface area contributed by atoms with Crippen molar-refractivity contribution in [2.75, 3.05) is 0 Å². The van der Waals surface area contributed by atoms with Crippen molar-refractivity contribution in [1.29, 1.82) is 0 Å². The van der Waals surface area contributed by atoms with Gasteiger partial charge in [0.05, 0.1) is 5.92 Å². The molecule has 0 aromatic heterocycles. The van der Waals surface area contributed by atoms with Crippen molar-refractivity contribution in [1.82, 2.24) is 0 Å². The lowest BCUT2D eigenvalue weighted by Crippen LogP contribution is -2.19. The molecule has 1 atom stereocenters. The molecule has 0 saturated carbocycles. The van der Waals surface area contributed by atoms with E-state index in [0.29, 0.717) is 16.7 Å². The van der Waals surface area contributed by atoms with Gasteiger partial charge in [0.25, 0.3) is 0 Å². The number of benzene rings is 2. The van der Waals surface area contributed by atoms with Crippen molar-refractivity contribution >= 4 is 11.6 Å². The molecule has 0 radical (unpaired) electrons. The second-order valence-electron chi connectivity index (χ2n) is 9.83. The van der Waals surface area contributed by atoms with E-state index in [0.717, 1.165) is 0 Å². The summed E-state index contributed by atoms with van der Waals surface area (Å²) in [5, 5.41) is 0. The largest absolute Gasteiger partial charge is 0.293 e. The molecule has 0 fully saturated rings. The highest BCUT2D eigenvalue weighted by molar-refractivity contribution is 6.15. The molecule has 1 unspecified atom stereocenters. The summed E-state index contributed by atoms with van der Waals surface area (Å²) >= 11 is 0. The maximum atomic E-state index is 13.1. The van der Waals surface area contributed by atoms with Crippen LogP contribution in [0.4, 0.5) is 0 Å². The number of carbonyl (C=O) groups excluding carboxylic acids is 2. The van der Waals surface area contributed by atoms with Crippen LogP contribution in [0, 0.1) is 5.92 Å². The minimum Gasteiger partial charge on any atom is -0.293 e. The zero-order chi connectivity index (χ0) is 21.4. The first-order chi connectivity index (χ1) is 13.5. The van der Waals surface area contributed by atoms with Gasteiger partial charge in [0.1, 0.15) is 0 Å². The van der Waals surface area contributed by atoms with E-state index in [9.17, 15) is 9.59 Å². The van der Waals surface area contributed by atoms with Crippen LogP contribution in [-0.2, 0) is 10.8 Å². The van der Waals surface area contributed by atoms with Gasteiger partial charge < -0.3 is 0 Å². The highest BCUT2D eigenvalue weighted by Crippen LogP contribution is 2.29. The Morgan fingerprint density at radius 3 is 1.59 bits per heavy atom. The molecule has 3 rings (SSSR count). The summed E-state index contributed by atoms with van der Waals surface area (Å²) in [5.41, 5.74) is 4.23. The third kappa shape index (κ3) is 4.48. The molecule has 2 nitrogen and oxygen atoms in total. The minimum atomic E-state index is -0.523. The van der Waals surface area contributed by atoms with Crippen LogP contribution in [0.2, 0.25) is 0 Å². The number of hydrogen-bond donors (Lipinski definition) is 0. The van der Waals surface area contributed by atoms with Gasteiger partial charge >= 0.3 is 0 Å². The monoisotopic (exact) mass is 386 g/mol. The van der Waals surface area contributed by atoms with Gasteiger partial charge in [-0.25, -0.2) is 0 Å². The highest BCUT2D eigenvalue weighted by Gasteiger charge is 2.29. The summed E-state index contributed by atoms with van der Waals surface area (Å²) in [5.74, 6) is -0.643. The zero-order valence-corrected chi connectivity index (χ0v) is 18.2. The van der Waals surface area contributed by atoms with Gasteiger partial charge in [0.15, 0.2) is 11.6 Å². The van der Waals surface area contributed by atoms with Crippen LogP contribution < -0.4 is 0 Å². The molecular formula is C27H30O2. The SMILES string of the molecule is CC(C)(C)c1ccc(C(=O)C2=CC=CC2C(=O)c2ccc(C(C)(C)C)cc2)cc1. The van der Waals surface area contributed by atoms with E-state index in [1.165, 1.54) is 11.1 Å². The maximum Gasteiger partial charge on any atom is 0.190 e. The number of hydrogen-bond acceptors (Lipinski definition) is 2. The van der Waals surface area contributed by atoms with Gasteiger partial charge in [0, 0.05) is 16.7 Å². The lowest BCUT2D eigenvalue weighted by Gasteiger charge is -2.20. The van der Waals surface area contributed by atoms with Gasteiger partial charge in [-0.3, -0.25) is 9.59 Å². The molecule has 1 aliphatic rings. The van der Waals surface area contributed by atoms with E-state index in [-0.39, 0.29) is 22.4 Å². The predicted molar refractivity (Wildman–Crippen MR) is 120 cm³/mol. The third-order valence-corrected chi connectivity index (χ3v) is 5.51. The fraction of sp³-hybridized carbons (Fsp3) is 0.333. The topological polar surface area (TPSA) is 34.1 Å². The second-order valence-corrected chi connectivity index (χ2v) is 9.83. The van der Waals surface area contributed by atoms with E-state index in [4.69, 9.17) is 0 Å². The summed E-state index contributed by atoms with van der Waals surface area (Å²) < 4.78 is 0. The Morgan fingerprint density at radius 2 is 1.14 bits per heavy atom. The first-order valence-corrected chi connectivity index (χ1v) is 10.2. The number of rotatable bonds is 4. The summed E-state index contributed by atoms with van der Waals surface area (Å²) in [7, 11) is 0. The summed E-state index contributed by atoms with van der Waals surface area (Å²) in [6, 6.07) is 15.5. The highest BCUT2D eigenvalue weighted by atomic mass is 16.1. The molecule has 0 spiro atoms. The van der Waals surface area contributed by atoms with Crippen LogP contribution in [0.5, 0.6) is 0 Å². The normalized spacial score (nSPS) is 16.6. The van der Waals surface area contributed by atoms with Crippen LogP contribution in [0.15, 0.2) is 72.3 Å². The Morgan fingerprint density at radius 1 is 0.690 bits per heavy atom. The maximum absolute atomic E-state index is 13.1. The van der Waals surface area contributed by atoms with Crippen LogP contribution in [0.25, 0.3) is 0 Å². The van der Waals surface area contributed by atoms with Gasteiger partial charge in [-0.15, -0.1) is 0 Å². The van der Waals surface area contributed by atoms with Crippen molar-refractivity contribution < 1.29 is 9.59 Å². The number of carbonyl (C=O) groups is 2. The lowest BCUT2D eigenvalue weighted by molar-refractivity contribution is 0.0930. The smallest absolute Gasteiger partial charge is 0.190 e. The van der Waals surface area contributed by atoms with Crippen LogP contribution in [0.1, 0.15) is 73.4 Å². The zero-order valence-electron chi connectivity index (χ0n) is 18.2. The Labute approximate surface area is 174 Å². The molecule has 1 aliphatic carbocycles. The van der Waals surface area contributed by atoms with Crippen molar-refractivity contribution in [3.8, 4) is 0 Å². The van der Waals surface area contributed by atoms with E-state index >= 15 is 0 Å². The molecule has 0 heterocycles. The minimum absolute atomic E-state index is 0.0352. The van der Waals surface area contributed by atoms with Crippen molar-refractivity contribution in [2.24, 2.45) is 5.92 Å². The summed E-state index contributed by atoms with van der Waals surface area (Å²) in [6.45, 7) is 12.9. The molecule has 0 amide bonds. The van der Waals surface area contributed by atoms with Gasteiger partial charge in [-0.05, 0) is 22.0 Å². The van der Waals surface area contributed by atoms with E-state index in [1.54, 1.807) is 6.08 Å². The van der Waals surface area contributed by atoms with E-state index in [2.05, 4.69) is 41.5 Å². The molecule has 2 heteroatoms. The van der Waals surface area contributed by atoms with Gasteiger partial charge in [0.2, 0.25) is 0 Å². The van der Waals surface area contributed by atoms with Gasteiger partial charge in [-0.2, -0.15) is 0 Å². The molecule has 2 aromatic rings. The first kappa shape index (κ1) is 21.0. The predicted octanol–water partition coefficient (Wildman–Crippen LogP) is 6.46. The molecular weight excluding hydrogens is 356 g/mol. The van der Waals surface area contributed by atoms with Crippen molar-refractivity contribution in [3.63, 3.8) is 0 Å². The molecule has 0 bridgehead atoms. The Bertz CT molecular complexity index is 973. The Kier molecular flexibility index (Phi) is 5.49. The Hall–Kier alpha value is -2.74. The average Bonchev–Trinajstić information content (AvgIpc) is 3.15. The molecule has 2 aromatic carbocycles. The van der Waals surface area contributed by atoms with Crippen LogP contribution >= 0.6 is 0 Å². The molecule has 29 heavy (non-hydrogen) atoms. The number of ketones is 2. The molecule has 0 aliphatic heterocycles. The van der Waals surface area contributed by atoms with Gasteiger partial charge in [-0.1, -0.05) is 108 Å². The summed E-state index contributed by atoms with van der Waals surface area (Å²) in [4.78, 5) is 26.2. The number of allylic oxidation sites excluding steroid dienone is 4. The van der Waals surface area contributed by atoms with E-state index in [1.807, 2.05) is 60.7 Å². The molecule has 0 saturated heterocycles. The molecule has 0 N–H and O–H groups in total. The average molecular weight is 387 g/mol. The van der Waals surface area contributed by atoms with Crippen LogP contribution in [-0.4, -0.2) is 11.6 Å².